The molecule has 6 nitrogen and oxygen atoms in total. The van der Waals surface area contributed by atoms with Gasteiger partial charge in [0.15, 0.2) is 0 Å². The first-order chi connectivity index (χ1) is 12.1. The van der Waals surface area contributed by atoms with Crippen molar-refractivity contribution < 1.29 is 4.79 Å². The van der Waals surface area contributed by atoms with E-state index in [1.165, 1.54) is 17.5 Å². The summed E-state index contributed by atoms with van der Waals surface area (Å²) in [6, 6.07) is 8.95. The molecule has 1 fully saturated rings. The van der Waals surface area contributed by atoms with E-state index in [1.807, 2.05) is 4.57 Å². The van der Waals surface area contributed by atoms with Gasteiger partial charge in [-0.3, -0.25) is 4.79 Å². The zero-order valence-electron chi connectivity index (χ0n) is 15.1. The van der Waals surface area contributed by atoms with Gasteiger partial charge in [-0.25, -0.2) is 0 Å². The first-order valence-electron chi connectivity index (χ1n) is 8.99. The van der Waals surface area contributed by atoms with Crippen LogP contribution in [0.4, 0.5) is 0 Å². The Kier molecular flexibility index (Phi) is 5.81. The number of hydrogen-bond acceptors (Lipinski definition) is 4. The lowest BCUT2D eigenvalue weighted by molar-refractivity contribution is -0.135. The molecule has 2 heterocycles. The third kappa shape index (κ3) is 4.66. The summed E-state index contributed by atoms with van der Waals surface area (Å²) in [6.07, 6.45) is 7.13. The van der Waals surface area contributed by atoms with Crippen LogP contribution in [0.2, 0.25) is 0 Å². The normalized spacial score (nSPS) is 17.9. The number of hydrogen-bond donors (Lipinski definition) is 0. The number of carbonyl (C=O) groups is 1. The van der Waals surface area contributed by atoms with Crippen molar-refractivity contribution in [3.63, 3.8) is 0 Å². The maximum atomic E-state index is 12.8. The predicted molar refractivity (Wildman–Crippen MR) is 96.8 cm³/mol. The minimum atomic E-state index is 0.204. The number of likely N-dealkylation sites (tertiary alicyclic amines) is 1. The molecule has 1 saturated heterocycles. The van der Waals surface area contributed by atoms with E-state index in [4.69, 9.17) is 0 Å². The average Bonchev–Trinajstić information content (AvgIpc) is 3.13. The van der Waals surface area contributed by atoms with Crippen LogP contribution in [-0.4, -0.2) is 51.1 Å². The molecule has 0 saturated carbocycles. The van der Waals surface area contributed by atoms with E-state index in [9.17, 15) is 4.79 Å². The number of amides is 1. The van der Waals surface area contributed by atoms with Gasteiger partial charge in [0.25, 0.3) is 0 Å². The van der Waals surface area contributed by atoms with Crippen LogP contribution in [0.15, 0.2) is 36.9 Å². The first-order valence-corrected chi connectivity index (χ1v) is 8.99. The Labute approximate surface area is 149 Å². The summed E-state index contributed by atoms with van der Waals surface area (Å²) < 4.78 is 1.85. The lowest BCUT2D eigenvalue weighted by Crippen LogP contribution is -2.38. The summed E-state index contributed by atoms with van der Waals surface area (Å²) >= 11 is 0. The molecule has 0 bridgehead atoms. The quantitative estimate of drug-likeness (QED) is 0.810. The van der Waals surface area contributed by atoms with Crippen LogP contribution in [0, 0.1) is 0 Å². The number of carbonyl (C=O) groups excluding carboxylic acids is 1. The molecular formula is C19H27N5O. The van der Waals surface area contributed by atoms with E-state index in [0.29, 0.717) is 13.0 Å². The van der Waals surface area contributed by atoms with Crippen molar-refractivity contribution in [2.24, 2.45) is 0 Å². The number of aromatic nitrogens is 3. The highest BCUT2D eigenvalue weighted by Gasteiger charge is 2.27. The van der Waals surface area contributed by atoms with Gasteiger partial charge in [-0.15, -0.1) is 10.2 Å². The highest BCUT2D eigenvalue weighted by molar-refractivity contribution is 5.76. The minimum Gasteiger partial charge on any atom is -0.336 e. The fourth-order valence-electron chi connectivity index (χ4n) is 3.49. The summed E-state index contributed by atoms with van der Waals surface area (Å²) in [6.45, 7) is 2.43. The molecule has 1 aromatic heterocycles. The van der Waals surface area contributed by atoms with E-state index in [0.717, 1.165) is 25.9 Å². The van der Waals surface area contributed by atoms with Crippen molar-refractivity contribution in [2.75, 3.05) is 20.6 Å². The topological polar surface area (TPSA) is 54.3 Å². The maximum absolute atomic E-state index is 12.8. The van der Waals surface area contributed by atoms with Crippen LogP contribution in [0.1, 0.15) is 42.9 Å². The van der Waals surface area contributed by atoms with Gasteiger partial charge in [0.05, 0.1) is 6.04 Å². The molecule has 25 heavy (non-hydrogen) atoms. The Hall–Kier alpha value is -2.21. The molecular weight excluding hydrogens is 314 g/mol. The maximum Gasteiger partial charge on any atom is 0.224 e. The van der Waals surface area contributed by atoms with Crippen LogP contribution < -0.4 is 0 Å². The van der Waals surface area contributed by atoms with Crippen molar-refractivity contribution in [1.82, 2.24) is 24.6 Å². The highest BCUT2D eigenvalue weighted by atomic mass is 16.2. The molecule has 1 amide bonds. The fraction of sp³-hybridized carbons (Fsp3) is 0.526. The van der Waals surface area contributed by atoms with Crippen LogP contribution in [0.3, 0.4) is 0 Å². The molecule has 2 aromatic rings. The van der Waals surface area contributed by atoms with E-state index >= 15 is 0 Å². The van der Waals surface area contributed by atoms with Gasteiger partial charge in [0, 0.05) is 26.1 Å². The second-order valence-electron chi connectivity index (χ2n) is 7.03. The molecule has 1 aliphatic rings. The summed E-state index contributed by atoms with van der Waals surface area (Å²) in [5.41, 5.74) is 2.55. The summed E-state index contributed by atoms with van der Waals surface area (Å²) in [4.78, 5) is 17.0. The molecule has 0 spiro atoms. The minimum absolute atomic E-state index is 0.204. The first kappa shape index (κ1) is 17.6. The number of piperidine rings is 1. The second kappa shape index (κ2) is 8.25. The van der Waals surface area contributed by atoms with Crippen molar-refractivity contribution in [3.05, 3.63) is 48.0 Å². The number of benzene rings is 1. The zero-order valence-corrected chi connectivity index (χ0v) is 15.1. The Morgan fingerprint density at radius 2 is 1.88 bits per heavy atom. The van der Waals surface area contributed by atoms with Crippen molar-refractivity contribution in [2.45, 2.75) is 44.8 Å². The Bertz CT molecular complexity index is 666. The van der Waals surface area contributed by atoms with Crippen LogP contribution in [-0.2, 0) is 17.9 Å². The molecule has 1 aliphatic heterocycles. The van der Waals surface area contributed by atoms with E-state index < -0.39 is 0 Å². The molecule has 0 radical (unpaired) electrons. The summed E-state index contributed by atoms with van der Waals surface area (Å²) in [5, 5.41) is 7.58. The summed E-state index contributed by atoms with van der Waals surface area (Å²) in [5.74, 6) is 0.218. The number of aryl methyl sites for hydroxylation is 1. The molecule has 0 aliphatic carbocycles. The molecule has 3 rings (SSSR count). The monoisotopic (exact) mass is 341 g/mol. The third-order valence-corrected chi connectivity index (χ3v) is 4.74. The molecule has 1 atom stereocenters. The molecule has 1 aromatic carbocycles. The van der Waals surface area contributed by atoms with Crippen LogP contribution in [0.25, 0.3) is 0 Å². The average molecular weight is 341 g/mol. The van der Waals surface area contributed by atoms with Gasteiger partial charge < -0.3 is 14.4 Å². The molecule has 0 unspecified atom stereocenters. The Balaban J connectivity index is 1.66. The Morgan fingerprint density at radius 3 is 2.56 bits per heavy atom. The lowest BCUT2D eigenvalue weighted by atomic mass is 9.94. The second-order valence-corrected chi connectivity index (χ2v) is 7.03. The van der Waals surface area contributed by atoms with Crippen molar-refractivity contribution in [3.8, 4) is 0 Å². The molecule has 134 valence electrons. The van der Waals surface area contributed by atoms with Gasteiger partial charge in [-0.2, -0.15) is 0 Å². The largest absolute Gasteiger partial charge is 0.336 e. The van der Waals surface area contributed by atoms with Gasteiger partial charge in [0.1, 0.15) is 12.7 Å². The third-order valence-electron chi connectivity index (χ3n) is 4.74. The SMILES string of the molecule is CN(C)Cc1ccc([C@H]2CCCCN2C(=O)CCn2cnnc2)cc1. The fourth-order valence-corrected chi connectivity index (χ4v) is 3.49. The highest BCUT2D eigenvalue weighted by Crippen LogP contribution is 2.31. The van der Waals surface area contributed by atoms with Gasteiger partial charge in [0.2, 0.25) is 5.91 Å². The Morgan fingerprint density at radius 1 is 1.16 bits per heavy atom. The van der Waals surface area contributed by atoms with Crippen LogP contribution in [0.5, 0.6) is 0 Å². The van der Waals surface area contributed by atoms with E-state index in [2.05, 4.69) is 58.4 Å². The molecule has 6 heteroatoms. The number of rotatable bonds is 6. The lowest BCUT2D eigenvalue weighted by Gasteiger charge is -2.36. The zero-order chi connectivity index (χ0) is 17.6. The van der Waals surface area contributed by atoms with E-state index in [-0.39, 0.29) is 11.9 Å². The smallest absolute Gasteiger partial charge is 0.224 e. The van der Waals surface area contributed by atoms with Gasteiger partial charge in [-0.05, 0) is 44.5 Å². The van der Waals surface area contributed by atoms with Crippen molar-refractivity contribution in [1.29, 1.82) is 0 Å². The number of nitrogens with zero attached hydrogens (tertiary/aromatic N) is 5. The predicted octanol–water partition coefficient (Wildman–Crippen LogP) is 2.48. The van der Waals surface area contributed by atoms with Gasteiger partial charge >= 0.3 is 0 Å². The summed E-state index contributed by atoms with van der Waals surface area (Å²) in [7, 11) is 4.15. The van der Waals surface area contributed by atoms with E-state index in [1.54, 1.807) is 12.7 Å². The standard InChI is InChI=1S/C19H27N5O/c1-22(2)13-16-6-8-17(9-7-16)18-5-3-4-11-24(18)19(25)10-12-23-14-20-21-15-23/h6-9,14-15,18H,3-5,10-13H2,1-2H3/t18-/m1/s1. The van der Waals surface area contributed by atoms with Crippen LogP contribution >= 0.6 is 0 Å². The molecule has 0 N–H and O–H groups in total. The van der Waals surface area contributed by atoms with Crippen molar-refractivity contribution >= 4 is 5.91 Å². The van der Waals surface area contributed by atoms with Gasteiger partial charge in [-0.1, -0.05) is 24.3 Å².